The van der Waals surface area contributed by atoms with Gasteiger partial charge in [-0.25, -0.2) is 4.98 Å². The predicted octanol–water partition coefficient (Wildman–Crippen LogP) is 2.33. The molecule has 0 aliphatic carbocycles. The zero-order valence-corrected chi connectivity index (χ0v) is 14.1. The number of hydrogen-bond donors (Lipinski definition) is 3. The Bertz CT molecular complexity index is 547. The van der Waals surface area contributed by atoms with E-state index in [9.17, 15) is 22.8 Å². The second-order valence-corrected chi connectivity index (χ2v) is 5.50. The minimum atomic E-state index is -4.40. The molecule has 0 aromatic carbocycles. The molecule has 0 saturated carbocycles. The SMILES string of the molecule is CC(=O)NCCCCCC(=O)NCCNc1ccc(C(F)(F)F)cn1. The van der Waals surface area contributed by atoms with E-state index in [1.54, 1.807) is 0 Å². The molecule has 140 valence electrons. The van der Waals surface area contributed by atoms with E-state index >= 15 is 0 Å². The number of nitrogens with one attached hydrogen (secondary N) is 3. The molecule has 25 heavy (non-hydrogen) atoms. The average Bonchev–Trinajstić information content (AvgIpc) is 2.54. The first-order chi connectivity index (χ1) is 11.8. The molecule has 0 saturated heterocycles. The highest BCUT2D eigenvalue weighted by atomic mass is 19.4. The molecule has 0 radical (unpaired) electrons. The van der Waals surface area contributed by atoms with Gasteiger partial charge in [-0.1, -0.05) is 6.42 Å². The van der Waals surface area contributed by atoms with Crippen molar-refractivity contribution in [3.8, 4) is 0 Å². The van der Waals surface area contributed by atoms with Crippen LogP contribution in [-0.4, -0.2) is 36.4 Å². The van der Waals surface area contributed by atoms with Gasteiger partial charge >= 0.3 is 6.18 Å². The molecule has 0 spiro atoms. The van der Waals surface area contributed by atoms with Crippen LogP contribution < -0.4 is 16.0 Å². The Morgan fingerprint density at radius 1 is 1.04 bits per heavy atom. The van der Waals surface area contributed by atoms with E-state index in [0.717, 1.165) is 31.5 Å². The van der Waals surface area contributed by atoms with Crippen molar-refractivity contribution >= 4 is 17.6 Å². The molecule has 3 N–H and O–H groups in total. The number of pyridine rings is 1. The fourth-order valence-corrected chi connectivity index (χ4v) is 2.00. The Morgan fingerprint density at radius 3 is 2.40 bits per heavy atom. The number of rotatable bonds is 10. The van der Waals surface area contributed by atoms with E-state index in [1.807, 2.05) is 0 Å². The van der Waals surface area contributed by atoms with Crippen LogP contribution >= 0.6 is 0 Å². The monoisotopic (exact) mass is 360 g/mol. The lowest BCUT2D eigenvalue weighted by Gasteiger charge is -2.09. The Labute approximate surface area is 144 Å². The highest BCUT2D eigenvalue weighted by Gasteiger charge is 2.30. The lowest BCUT2D eigenvalue weighted by atomic mass is 10.2. The number of hydrogen-bond acceptors (Lipinski definition) is 4. The third-order valence-corrected chi connectivity index (χ3v) is 3.30. The number of halogens is 3. The van der Waals surface area contributed by atoms with Crippen LogP contribution in [-0.2, 0) is 15.8 Å². The largest absolute Gasteiger partial charge is 0.417 e. The quantitative estimate of drug-likeness (QED) is 0.559. The molecule has 0 fully saturated rings. The summed E-state index contributed by atoms with van der Waals surface area (Å²) < 4.78 is 37.2. The summed E-state index contributed by atoms with van der Waals surface area (Å²) in [5.41, 5.74) is -0.801. The summed E-state index contributed by atoms with van der Waals surface area (Å²) >= 11 is 0. The van der Waals surface area contributed by atoms with Crippen LogP contribution in [0.2, 0.25) is 0 Å². The maximum atomic E-state index is 12.4. The maximum Gasteiger partial charge on any atom is 0.417 e. The molecule has 0 unspecified atom stereocenters. The van der Waals surface area contributed by atoms with Gasteiger partial charge in [-0.3, -0.25) is 9.59 Å². The number of unbranched alkanes of at least 4 members (excludes halogenated alkanes) is 2. The van der Waals surface area contributed by atoms with Crippen LogP contribution in [0.1, 0.15) is 38.2 Å². The van der Waals surface area contributed by atoms with E-state index in [4.69, 9.17) is 0 Å². The van der Waals surface area contributed by atoms with Crippen molar-refractivity contribution in [2.75, 3.05) is 25.0 Å². The third-order valence-electron chi connectivity index (χ3n) is 3.30. The molecule has 1 aromatic heterocycles. The highest BCUT2D eigenvalue weighted by molar-refractivity contribution is 5.75. The number of nitrogens with zero attached hydrogens (tertiary/aromatic N) is 1. The topological polar surface area (TPSA) is 83.1 Å². The van der Waals surface area contributed by atoms with Crippen LogP contribution in [0.15, 0.2) is 18.3 Å². The zero-order chi connectivity index (χ0) is 18.7. The van der Waals surface area contributed by atoms with Gasteiger partial charge in [0.15, 0.2) is 0 Å². The minimum absolute atomic E-state index is 0.0622. The van der Waals surface area contributed by atoms with Crippen molar-refractivity contribution in [3.05, 3.63) is 23.9 Å². The Balaban J connectivity index is 2.09. The standard InChI is InChI=1S/C16H23F3N4O2/c1-12(24)20-8-4-2-3-5-15(25)22-10-9-21-14-7-6-13(11-23-14)16(17,18)19/h6-7,11H,2-5,8-10H2,1H3,(H,20,24)(H,21,23)(H,22,25). The third kappa shape index (κ3) is 9.53. The molecule has 1 rings (SSSR count). The predicted molar refractivity (Wildman–Crippen MR) is 87.9 cm³/mol. The van der Waals surface area contributed by atoms with Crippen molar-refractivity contribution in [3.63, 3.8) is 0 Å². The Hall–Kier alpha value is -2.32. The average molecular weight is 360 g/mol. The van der Waals surface area contributed by atoms with Crippen molar-refractivity contribution in [2.45, 2.75) is 38.8 Å². The first-order valence-corrected chi connectivity index (χ1v) is 8.07. The van der Waals surface area contributed by atoms with E-state index in [1.165, 1.54) is 13.0 Å². The molecule has 2 amide bonds. The first kappa shape index (κ1) is 20.7. The van der Waals surface area contributed by atoms with Gasteiger partial charge < -0.3 is 16.0 Å². The molecule has 1 heterocycles. The van der Waals surface area contributed by atoms with E-state index in [2.05, 4.69) is 20.9 Å². The van der Waals surface area contributed by atoms with Crippen molar-refractivity contribution in [1.82, 2.24) is 15.6 Å². The van der Waals surface area contributed by atoms with Crippen LogP contribution in [0.5, 0.6) is 0 Å². The number of alkyl halides is 3. The normalized spacial score (nSPS) is 11.0. The van der Waals surface area contributed by atoms with Gasteiger partial charge in [0.05, 0.1) is 5.56 Å². The summed E-state index contributed by atoms with van der Waals surface area (Å²) in [4.78, 5) is 25.9. The van der Waals surface area contributed by atoms with Gasteiger partial charge in [0.2, 0.25) is 11.8 Å². The molecule has 0 bridgehead atoms. The fourth-order valence-electron chi connectivity index (χ4n) is 2.00. The smallest absolute Gasteiger partial charge is 0.368 e. The van der Waals surface area contributed by atoms with Crippen molar-refractivity contribution < 1.29 is 22.8 Å². The summed E-state index contributed by atoms with van der Waals surface area (Å²) in [6.07, 6.45) is -0.823. The molecule has 0 atom stereocenters. The summed E-state index contributed by atoms with van der Waals surface area (Å²) in [5, 5.41) is 8.25. The number of carbonyl (C=O) groups excluding carboxylic acids is 2. The molecule has 0 aliphatic heterocycles. The molecule has 1 aromatic rings. The number of amides is 2. The first-order valence-electron chi connectivity index (χ1n) is 8.07. The van der Waals surface area contributed by atoms with Gasteiger partial charge in [-0.05, 0) is 25.0 Å². The second-order valence-electron chi connectivity index (χ2n) is 5.50. The minimum Gasteiger partial charge on any atom is -0.368 e. The van der Waals surface area contributed by atoms with E-state index in [-0.39, 0.29) is 11.8 Å². The lowest BCUT2D eigenvalue weighted by Crippen LogP contribution is -2.28. The number of anilines is 1. The van der Waals surface area contributed by atoms with E-state index in [0.29, 0.717) is 31.9 Å². The molecular formula is C16H23F3N4O2. The highest BCUT2D eigenvalue weighted by Crippen LogP contribution is 2.28. The van der Waals surface area contributed by atoms with Gasteiger partial charge in [-0.15, -0.1) is 0 Å². The molecule has 0 aliphatic rings. The van der Waals surface area contributed by atoms with Crippen molar-refractivity contribution in [2.24, 2.45) is 0 Å². The zero-order valence-electron chi connectivity index (χ0n) is 14.1. The van der Waals surface area contributed by atoms with Gasteiger partial charge in [0, 0.05) is 39.2 Å². The number of aromatic nitrogens is 1. The van der Waals surface area contributed by atoms with Crippen LogP contribution in [0.3, 0.4) is 0 Å². The van der Waals surface area contributed by atoms with Gasteiger partial charge in [0.25, 0.3) is 0 Å². The van der Waals surface area contributed by atoms with Crippen LogP contribution in [0.25, 0.3) is 0 Å². The van der Waals surface area contributed by atoms with Gasteiger partial charge in [0.1, 0.15) is 5.82 Å². The molecule has 6 nitrogen and oxygen atoms in total. The summed E-state index contributed by atoms with van der Waals surface area (Å²) in [5.74, 6) is 0.176. The van der Waals surface area contributed by atoms with Gasteiger partial charge in [-0.2, -0.15) is 13.2 Å². The fraction of sp³-hybridized carbons (Fsp3) is 0.562. The molecule has 9 heteroatoms. The maximum absolute atomic E-state index is 12.4. The van der Waals surface area contributed by atoms with Crippen LogP contribution in [0, 0.1) is 0 Å². The lowest BCUT2D eigenvalue weighted by molar-refractivity contribution is -0.137. The second kappa shape index (κ2) is 10.5. The summed E-state index contributed by atoms with van der Waals surface area (Å²) in [7, 11) is 0. The van der Waals surface area contributed by atoms with Crippen molar-refractivity contribution in [1.29, 1.82) is 0 Å². The van der Waals surface area contributed by atoms with E-state index < -0.39 is 11.7 Å². The summed E-state index contributed by atoms with van der Waals surface area (Å²) in [6.45, 7) is 2.79. The summed E-state index contributed by atoms with van der Waals surface area (Å²) in [6, 6.07) is 2.20. The van der Waals surface area contributed by atoms with Crippen LogP contribution in [0.4, 0.5) is 19.0 Å². The number of carbonyl (C=O) groups is 2. The Kier molecular flexibility index (Phi) is 8.73. The Morgan fingerprint density at radius 2 is 1.80 bits per heavy atom. The molecular weight excluding hydrogens is 337 g/mol.